The summed E-state index contributed by atoms with van der Waals surface area (Å²) >= 11 is 0. The summed E-state index contributed by atoms with van der Waals surface area (Å²) < 4.78 is 2.05. The molecule has 3 nitrogen and oxygen atoms in total. The highest BCUT2D eigenvalue weighted by molar-refractivity contribution is 5.98. The van der Waals surface area contributed by atoms with Gasteiger partial charge in [0.15, 0.2) is 5.78 Å². The van der Waals surface area contributed by atoms with E-state index in [0.29, 0.717) is 6.54 Å². The molecule has 0 amide bonds. The van der Waals surface area contributed by atoms with E-state index in [2.05, 4.69) is 11.5 Å². The zero-order valence-electron chi connectivity index (χ0n) is 10.3. The lowest BCUT2D eigenvalue weighted by atomic mass is 10.1. The fraction of sp³-hybridized carbons (Fsp3) is 0.583. The van der Waals surface area contributed by atoms with Gasteiger partial charge in [-0.15, -0.1) is 0 Å². The lowest BCUT2D eigenvalue weighted by Gasteiger charge is -2.12. The third kappa shape index (κ3) is 2.48. The maximum absolute atomic E-state index is 11.9. The third-order valence-corrected chi connectivity index (χ3v) is 3.03. The zero-order valence-corrected chi connectivity index (χ0v) is 10.3. The standard InChI is InChI=1S/C12H20N2O/c1-6-13(4)8-12(15)11-7-9(2)14(5)10(11)3/h7H,6,8H2,1-5H3. The van der Waals surface area contributed by atoms with E-state index in [1.165, 1.54) is 0 Å². The van der Waals surface area contributed by atoms with Crippen LogP contribution in [0.4, 0.5) is 0 Å². The summed E-state index contributed by atoms with van der Waals surface area (Å²) in [5.74, 6) is 0.209. The number of aryl methyl sites for hydroxylation is 1. The van der Waals surface area contributed by atoms with Gasteiger partial charge in [-0.2, -0.15) is 0 Å². The molecule has 0 saturated heterocycles. The fourth-order valence-corrected chi connectivity index (χ4v) is 1.58. The number of carbonyl (C=O) groups is 1. The minimum Gasteiger partial charge on any atom is -0.351 e. The Morgan fingerprint density at radius 2 is 2.07 bits per heavy atom. The Balaban J connectivity index is 2.87. The Labute approximate surface area is 91.7 Å². The molecule has 1 heterocycles. The third-order valence-electron chi connectivity index (χ3n) is 3.03. The number of aromatic nitrogens is 1. The number of carbonyl (C=O) groups excluding carboxylic acids is 1. The number of ketones is 1. The molecule has 0 aliphatic heterocycles. The molecule has 84 valence electrons. The van der Waals surface area contributed by atoms with E-state index in [-0.39, 0.29) is 5.78 Å². The molecule has 15 heavy (non-hydrogen) atoms. The van der Waals surface area contributed by atoms with Crippen LogP contribution < -0.4 is 0 Å². The number of nitrogens with zero attached hydrogens (tertiary/aromatic N) is 2. The first-order valence-electron chi connectivity index (χ1n) is 5.32. The molecular weight excluding hydrogens is 188 g/mol. The molecule has 0 saturated carbocycles. The lowest BCUT2D eigenvalue weighted by molar-refractivity contribution is 0.0948. The molecule has 0 atom stereocenters. The van der Waals surface area contributed by atoms with Crippen LogP contribution in [0, 0.1) is 13.8 Å². The molecule has 0 fully saturated rings. The minimum absolute atomic E-state index is 0.209. The molecule has 0 aliphatic rings. The van der Waals surface area contributed by atoms with E-state index in [0.717, 1.165) is 23.5 Å². The number of rotatable bonds is 4. The maximum atomic E-state index is 11.9. The Hall–Kier alpha value is -1.09. The van der Waals surface area contributed by atoms with Gasteiger partial charge in [-0.25, -0.2) is 0 Å². The monoisotopic (exact) mass is 208 g/mol. The smallest absolute Gasteiger partial charge is 0.178 e. The first kappa shape index (κ1) is 12.0. The van der Waals surface area contributed by atoms with Crippen molar-refractivity contribution in [1.29, 1.82) is 0 Å². The second kappa shape index (κ2) is 4.62. The quantitative estimate of drug-likeness (QED) is 0.705. The summed E-state index contributed by atoms with van der Waals surface area (Å²) in [5, 5.41) is 0. The largest absolute Gasteiger partial charge is 0.351 e. The molecule has 3 heteroatoms. The van der Waals surface area contributed by atoms with Gasteiger partial charge in [0.1, 0.15) is 0 Å². The van der Waals surface area contributed by atoms with Crippen molar-refractivity contribution in [1.82, 2.24) is 9.47 Å². The van der Waals surface area contributed by atoms with E-state index in [1.54, 1.807) is 0 Å². The van der Waals surface area contributed by atoms with E-state index >= 15 is 0 Å². The van der Waals surface area contributed by atoms with Crippen LogP contribution in [0.5, 0.6) is 0 Å². The van der Waals surface area contributed by atoms with Gasteiger partial charge in [0.2, 0.25) is 0 Å². The summed E-state index contributed by atoms with van der Waals surface area (Å²) in [6, 6.07) is 1.97. The Kier molecular flexibility index (Phi) is 3.69. The summed E-state index contributed by atoms with van der Waals surface area (Å²) in [6.45, 7) is 7.47. The number of Topliss-reactive ketones (excluding diaryl/α,β-unsaturated/α-hetero) is 1. The molecule has 0 aliphatic carbocycles. The molecule has 0 N–H and O–H groups in total. The summed E-state index contributed by atoms with van der Waals surface area (Å²) in [4.78, 5) is 14.0. The van der Waals surface area contributed by atoms with Crippen molar-refractivity contribution in [2.75, 3.05) is 20.1 Å². The molecule has 0 aromatic carbocycles. The molecule has 0 radical (unpaired) electrons. The van der Waals surface area contributed by atoms with Gasteiger partial charge in [0, 0.05) is 24.0 Å². The second-order valence-electron chi connectivity index (χ2n) is 4.10. The Morgan fingerprint density at radius 1 is 1.47 bits per heavy atom. The summed E-state index contributed by atoms with van der Waals surface area (Å²) in [7, 11) is 3.95. The van der Waals surface area contributed by atoms with Gasteiger partial charge >= 0.3 is 0 Å². The lowest BCUT2D eigenvalue weighted by Crippen LogP contribution is -2.25. The maximum Gasteiger partial charge on any atom is 0.178 e. The van der Waals surface area contributed by atoms with Crippen molar-refractivity contribution in [3.05, 3.63) is 23.0 Å². The van der Waals surface area contributed by atoms with E-state index in [1.807, 2.05) is 38.9 Å². The van der Waals surface area contributed by atoms with Crippen molar-refractivity contribution in [2.45, 2.75) is 20.8 Å². The Bertz CT molecular complexity index is 366. The first-order chi connectivity index (χ1) is 6.97. The van der Waals surface area contributed by atoms with Gasteiger partial charge in [-0.05, 0) is 33.5 Å². The van der Waals surface area contributed by atoms with E-state index < -0.39 is 0 Å². The molecule has 1 aromatic rings. The molecule has 0 spiro atoms. The average molecular weight is 208 g/mol. The topological polar surface area (TPSA) is 25.2 Å². The van der Waals surface area contributed by atoms with Gasteiger partial charge < -0.3 is 4.57 Å². The van der Waals surface area contributed by atoms with Crippen LogP contribution in [-0.2, 0) is 7.05 Å². The summed E-state index contributed by atoms with van der Waals surface area (Å²) in [6.07, 6.45) is 0. The minimum atomic E-state index is 0.209. The first-order valence-corrected chi connectivity index (χ1v) is 5.32. The highest BCUT2D eigenvalue weighted by Gasteiger charge is 2.14. The number of likely N-dealkylation sites (N-methyl/N-ethyl adjacent to an activating group) is 1. The second-order valence-corrected chi connectivity index (χ2v) is 4.10. The normalized spacial score (nSPS) is 11.1. The highest BCUT2D eigenvalue weighted by atomic mass is 16.1. The van der Waals surface area contributed by atoms with Crippen molar-refractivity contribution in [3.8, 4) is 0 Å². The average Bonchev–Trinajstić information content (AvgIpc) is 2.45. The van der Waals surface area contributed by atoms with Gasteiger partial charge in [0.05, 0.1) is 6.54 Å². The van der Waals surface area contributed by atoms with Gasteiger partial charge in [0.25, 0.3) is 0 Å². The van der Waals surface area contributed by atoms with Crippen LogP contribution in [0.2, 0.25) is 0 Å². The fourth-order valence-electron chi connectivity index (χ4n) is 1.58. The van der Waals surface area contributed by atoms with E-state index in [4.69, 9.17) is 0 Å². The predicted molar refractivity (Wildman–Crippen MR) is 62.4 cm³/mol. The SMILES string of the molecule is CCN(C)CC(=O)c1cc(C)n(C)c1C. The van der Waals surface area contributed by atoms with Crippen LogP contribution in [0.1, 0.15) is 28.7 Å². The molecule has 1 aromatic heterocycles. The van der Waals surface area contributed by atoms with Gasteiger partial charge in [-0.3, -0.25) is 9.69 Å². The van der Waals surface area contributed by atoms with Crippen molar-refractivity contribution >= 4 is 5.78 Å². The molecule has 0 unspecified atom stereocenters. The van der Waals surface area contributed by atoms with Crippen LogP contribution in [0.25, 0.3) is 0 Å². The predicted octanol–water partition coefficient (Wildman–Crippen LogP) is 1.78. The highest BCUT2D eigenvalue weighted by Crippen LogP contribution is 2.14. The van der Waals surface area contributed by atoms with E-state index in [9.17, 15) is 4.79 Å². The summed E-state index contributed by atoms with van der Waals surface area (Å²) in [5.41, 5.74) is 3.05. The van der Waals surface area contributed by atoms with Crippen LogP contribution in [-0.4, -0.2) is 35.4 Å². The Morgan fingerprint density at radius 3 is 2.47 bits per heavy atom. The zero-order chi connectivity index (χ0) is 11.6. The molecular formula is C12H20N2O. The van der Waals surface area contributed by atoms with Crippen LogP contribution in [0.15, 0.2) is 6.07 Å². The van der Waals surface area contributed by atoms with Crippen molar-refractivity contribution in [2.24, 2.45) is 7.05 Å². The molecule has 1 rings (SSSR count). The number of hydrogen-bond donors (Lipinski definition) is 0. The van der Waals surface area contributed by atoms with Crippen LogP contribution >= 0.6 is 0 Å². The van der Waals surface area contributed by atoms with Gasteiger partial charge in [-0.1, -0.05) is 6.92 Å². The van der Waals surface area contributed by atoms with Crippen molar-refractivity contribution in [3.63, 3.8) is 0 Å². The molecule has 0 bridgehead atoms. The van der Waals surface area contributed by atoms with Crippen LogP contribution in [0.3, 0.4) is 0 Å². The van der Waals surface area contributed by atoms with Crippen molar-refractivity contribution < 1.29 is 4.79 Å². The number of hydrogen-bond acceptors (Lipinski definition) is 2.